The molecule has 0 amide bonds. The summed E-state index contributed by atoms with van der Waals surface area (Å²) in [4.78, 5) is 24.7. The smallest absolute Gasteiger partial charge is 0.267 e. The molecule has 0 N–H and O–H groups in total. The Morgan fingerprint density at radius 3 is 2.77 bits per heavy atom. The summed E-state index contributed by atoms with van der Waals surface area (Å²) in [6, 6.07) is 7.44. The number of carbonyl (C=O) groups excluding carboxylic acids is 1. The molecule has 114 valence electrons. The zero-order chi connectivity index (χ0) is 15.7. The Kier molecular flexibility index (Phi) is 3.92. The summed E-state index contributed by atoms with van der Waals surface area (Å²) in [6.07, 6.45) is 4.03. The van der Waals surface area contributed by atoms with E-state index in [1.54, 1.807) is 6.07 Å². The van der Waals surface area contributed by atoms with Crippen LogP contribution in [0.4, 0.5) is 0 Å². The predicted molar refractivity (Wildman–Crippen MR) is 85.4 cm³/mol. The Balaban J connectivity index is 1.91. The SMILES string of the molecule is Cc1ccc(C)c(C(=O)Cn2nc3c(cc2=O)CCCC3)c1. The zero-order valence-corrected chi connectivity index (χ0v) is 13.1. The zero-order valence-electron chi connectivity index (χ0n) is 13.1. The molecule has 0 aliphatic heterocycles. The maximum absolute atomic E-state index is 12.5. The van der Waals surface area contributed by atoms with Crippen LogP contribution in [-0.2, 0) is 19.4 Å². The van der Waals surface area contributed by atoms with Gasteiger partial charge in [0.25, 0.3) is 5.56 Å². The summed E-state index contributed by atoms with van der Waals surface area (Å²) in [7, 11) is 0. The minimum atomic E-state index is -0.181. The van der Waals surface area contributed by atoms with Crippen molar-refractivity contribution in [3.05, 3.63) is 62.6 Å². The molecule has 4 heteroatoms. The number of nitrogens with zero attached hydrogens (tertiary/aromatic N) is 2. The lowest BCUT2D eigenvalue weighted by Gasteiger charge is -2.15. The van der Waals surface area contributed by atoms with Gasteiger partial charge in [-0.3, -0.25) is 9.59 Å². The van der Waals surface area contributed by atoms with E-state index in [-0.39, 0.29) is 17.9 Å². The van der Waals surface area contributed by atoms with Crippen molar-refractivity contribution in [1.82, 2.24) is 9.78 Å². The van der Waals surface area contributed by atoms with Gasteiger partial charge in [-0.05, 0) is 56.7 Å². The Hall–Kier alpha value is -2.23. The topological polar surface area (TPSA) is 52.0 Å². The Morgan fingerprint density at radius 1 is 1.18 bits per heavy atom. The number of hydrogen-bond acceptors (Lipinski definition) is 3. The second-order valence-corrected chi connectivity index (χ2v) is 6.06. The maximum Gasteiger partial charge on any atom is 0.267 e. The van der Waals surface area contributed by atoms with Crippen molar-refractivity contribution in [3.8, 4) is 0 Å². The van der Waals surface area contributed by atoms with Crippen LogP contribution in [0.15, 0.2) is 29.1 Å². The van der Waals surface area contributed by atoms with Crippen LogP contribution in [0.25, 0.3) is 0 Å². The molecule has 1 aliphatic carbocycles. The third-order valence-corrected chi connectivity index (χ3v) is 4.26. The molecule has 4 nitrogen and oxygen atoms in total. The van der Waals surface area contributed by atoms with Crippen molar-refractivity contribution >= 4 is 5.78 Å². The molecule has 22 heavy (non-hydrogen) atoms. The van der Waals surface area contributed by atoms with Gasteiger partial charge in [0.1, 0.15) is 6.54 Å². The van der Waals surface area contributed by atoms with Gasteiger partial charge in [0.2, 0.25) is 0 Å². The van der Waals surface area contributed by atoms with Gasteiger partial charge in [0.05, 0.1) is 5.69 Å². The minimum Gasteiger partial charge on any atom is -0.292 e. The molecule has 0 unspecified atom stereocenters. The van der Waals surface area contributed by atoms with E-state index in [1.165, 1.54) is 4.68 Å². The standard InChI is InChI=1S/C18H20N2O2/c1-12-7-8-13(2)15(9-12)17(21)11-20-18(22)10-14-5-3-4-6-16(14)19-20/h7-10H,3-6,11H2,1-2H3. The Bertz CT molecular complexity index is 790. The second kappa shape index (κ2) is 5.87. The van der Waals surface area contributed by atoms with Crippen molar-refractivity contribution in [2.45, 2.75) is 46.1 Å². The summed E-state index contributed by atoms with van der Waals surface area (Å²) in [5.74, 6) is -0.0634. The first kappa shape index (κ1) is 14.7. The van der Waals surface area contributed by atoms with E-state index in [0.717, 1.165) is 48.1 Å². The number of aryl methyl sites for hydroxylation is 4. The average Bonchev–Trinajstić information content (AvgIpc) is 2.50. The van der Waals surface area contributed by atoms with Crippen LogP contribution in [-0.4, -0.2) is 15.6 Å². The lowest BCUT2D eigenvalue weighted by atomic mass is 9.97. The first-order chi connectivity index (χ1) is 10.5. The second-order valence-electron chi connectivity index (χ2n) is 6.06. The lowest BCUT2D eigenvalue weighted by molar-refractivity contribution is 0.0964. The molecule has 0 bridgehead atoms. The quantitative estimate of drug-likeness (QED) is 0.818. The van der Waals surface area contributed by atoms with Crippen LogP contribution in [0.3, 0.4) is 0 Å². The van der Waals surface area contributed by atoms with Gasteiger partial charge in [0, 0.05) is 11.6 Å². The summed E-state index contributed by atoms with van der Waals surface area (Å²) < 4.78 is 1.31. The van der Waals surface area contributed by atoms with E-state index < -0.39 is 0 Å². The van der Waals surface area contributed by atoms with Gasteiger partial charge in [0.15, 0.2) is 5.78 Å². The van der Waals surface area contributed by atoms with E-state index in [4.69, 9.17) is 0 Å². The summed E-state index contributed by atoms with van der Waals surface area (Å²) >= 11 is 0. The number of carbonyl (C=O) groups is 1. The van der Waals surface area contributed by atoms with Gasteiger partial charge in [-0.15, -0.1) is 0 Å². The number of rotatable bonds is 3. The molecule has 0 spiro atoms. The number of fused-ring (bicyclic) bond motifs is 1. The number of aromatic nitrogens is 2. The highest BCUT2D eigenvalue weighted by molar-refractivity contribution is 5.97. The highest BCUT2D eigenvalue weighted by atomic mass is 16.1. The highest BCUT2D eigenvalue weighted by Crippen LogP contribution is 2.17. The van der Waals surface area contributed by atoms with E-state index in [0.29, 0.717) is 5.56 Å². The first-order valence-electron chi connectivity index (χ1n) is 7.75. The molecule has 0 saturated carbocycles. The molecule has 0 atom stereocenters. The van der Waals surface area contributed by atoms with Crippen LogP contribution in [0, 0.1) is 13.8 Å². The Labute approximate surface area is 129 Å². The number of hydrogen-bond donors (Lipinski definition) is 0. The summed E-state index contributed by atoms with van der Waals surface area (Å²) in [5.41, 5.74) is 4.48. The molecule has 1 heterocycles. The maximum atomic E-state index is 12.5. The van der Waals surface area contributed by atoms with Gasteiger partial charge < -0.3 is 0 Å². The fraction of sp³-hybridized carbons (Fsp3) is 0.389. The number of benzene rings is 1. The van der Waals surface area contributed by atoms with Gasteiger partial charge in [-0.25, -0.2) is 4.68 Å². The fourth-order valence-corrected chi connectivity index (χ4v) is 2.97. The molecule has 1 aliphatic rings. The third kappa shape index (κ3) is 2.86. The van der Waals surface area contributed by atoms with Crippen LogP contribution in [0.1, 0.15) is 45.6 Å². The van der Waals surface area contributed by atoms with E-state index >= 15 is 0 Å². The normalized spacial score (nSPS) is 13.7. The molecule has 0 fully saturated rings. The molecular weight excluding hydrogens is 276 g/mol. The monoisotopic (exact) mass is 296 g/mol. The average molecular weight is 296 g/mol. The fourth-order valence-electron chi connectivity index (χ4n) is 2.97. The number of Topliss-reactive ketones (excluding diaryl/α,β-unsaturated/α-hetero) is 1. The summed E-state index contributed by atoms with van der Waals surface area (Å²) in [6.45, 7) is 3.88. The van der Waals surface area contributed by atoms with Crippen molar-refractivity contribution in [3.63, 3.8) is 0 Å². The Morgan fingerprint density at radius 2 is 1.95 bits per heavy atom. The summed E-state index contributed by atoms with van der Waals surface area (Å²) in [5, 5.41) is 4.41. The molecule has 0 radical (unpaired) electrons. The predicted octanol–water partition coefficient (Wildman–Crippen LogP) is 2.62. The minimum absolute atomic E-state index is 0.0103. The lowest BCUT2D eigenvalue weighted by Crippen LogP contribution is -2.29. The van der Waals surface area contributed by atoms with Crippen LogP contribution in [0.5, 0.6) is 0 Å². The largest absolute Gasteiger partial charge is 0.292 e. The van der Waals surface area contributed by atoms with Gasteiger partial charge in [-0.1, -0.05) is 17.7 Å². The van der Waals surface area contributed by atoms with Crippen molar-refractivity contribution < 1.29 is 4.79 Å². The van der Waals surface area contributed by atoms with Crippen LogP contribution < -0.4 is 5.56 Å². The van der Waals surface area contributed by atoms with E-state index in [2.05, 4.69) is 5.10 Å². The first-order valence-corrected chi connectivity index (χ1v) is 7.75. The molecule has 1 aromatic heterocycles. The third-order valence-electron chi connectivity index (χ3n) is 4.26. The van der Waals surface area contributed by atoms with E-state index in [1.807, 2.05) is 32.0 Å². The van der Waals surface area contributed by atoms with Gasteiger partial charge in [-0.2, -0.15) is 5.10 Å². The van der Waals surface area contributed by atoms with Crippen molar-refractivity contribution in [2.75, 3.05) is 0 Å². The number of ketones is 1. The van der Waals surface area contributed by atoms with E-state index in [9.17, 15) is 9.59 Å². The molecule has 3 rings (SSSR count). The molecule has 1 aromatic carbocycles. The highest BCUT2D eigenvalue weighted by Gasteiger charge is 2.16. The van der Waals surface area contributed by atoms with Gasteiger partial charge >= 0.3 is 0 Å². The molecule has 2 aromatic rings. The van der Waals surface area contributed by atoms with Crippen LogP contribution >= 0.6 is 0 Å². The van der Waals surface area contributed by atoms with Crippen LogP contribution in [0.2, 0.25) is 0 Å². The molecule has 0 saturated heterocycles. The van der Waals surface area contributed by atoms with Crippen molar-refractivity contribution in [1.29, 1.82) is 0 Å². The molecular formula is C18H20N2O2. The van der Waals surface area contributed by atoms with Crippen molar-refractivity contribution in [2.24, 2.45) is 0 Å².